The van der Waals surface area contributed by atoms with E-state index in [2.05, 4.69) is 43.5 Å². The van der Waals surface area contributed by atoms with Crippen molar-refractivity contribution < 1.29 is 0 Å². The zero-order chi connectivity index (χ0) is 19.4. The third kappa shape index (κ3) is 2.65. The lowest BCUT2D eigenvalue weighted by atomic mass is 9.77. The van der Waals surface area contributed by atoms with Crippen molar-refractivity contribution in [3.63, 3.8) is 0 Å². The highest BCUT2D eigenvalue weighted by molar-refractivity contribution is 5.78. The molecule has 1 saturated heterocycles. The van der Waals surface area contributed by atoms with Crippen LogP contribution >= 0.6 is 0 Å². The van der Waals surface area contributed by atoms with Crippen LogP contribution in [0.5, 0.6) is 0 Å². The van der Waals surface area contributed by atoms with Crippen LogP contribution in [0, 0.1) is 5.41 Å². The van der Waals surface area contributed by atoms with Crippen molar-refractivity contribution in [1.82, 2.24) is 29.2 Å². The fraction of sp³-hybridized carbons (Fsp3) is 0.478. The van der Waals surface area contributed by atoms with E-state index in [0.29, 0.717) is 5.41 Å². The summed E-state index contributed by atoms with van der Waals surface area (Å²) in [5.41, 5.74) is 4.98. The minimum Gasteiger partial charge on any atom is -0.355 e. The third-order valence-electron chi connectivity index (χ3n) is 7.42. The number of likely N-dealkylation sites (tertiary alicyclic amines) is 1. The lowest BCUT2D eigenvalue weighted by Gasteiger charge is -2.45. The number of pyridine rings is 1. The Bertz CT molecular complexity index is 1070. The van der Waals surface area contributed by atoms with Gasteiger partial charge in [0, 0.05) is 37.4 Å². The molecule has 1 spiro atoms. The van der Waals surface area contributed by atoms with Crippen LogP contribution in [0.4, 0.5) is 0 Å². The topological polar surface area (TPSA) is 50.4 Å². The Morgan fingerprint density at radius 2 is 1.86 bits per heavy atom. The Labute approximate surface area is 171 Å². The van der Waals surface area contributed by atoms with E-state index in [0.717, 1.165) is 35.8 Å². The second-order valence-electron chi connectivity index (χ2n) is 8.99. The van der Waals surface area contributed by atoms with E-state index in [1.165, 1.54) is 44.2 Å². The third-order valence-corrected chi connectivity index (χ3v) is 7.42. The smallest absolute Gasteiger partial charge is 0.162 e. The standard InChI is InChI=1S/C23H28N6/c1-17-20(18-16-25-19-6-2-5-12-28(18)19)21-24-11-15-29(21)22(26-17)27-13-9-23(10-14-27)7-3-4-8-23/h2,5-6,11-12,15-16,22,26H,3-4,7-10,13-14H2,1H3. The van der Waals surface area contributed by atoms with Gasteiger partial charge in [0.2, 0.25) is 0 Å². The Morgan fingerprint density at radius 3 is 2.69 bits per heavy atom. The normalized spacial score (nSPS) is 24.2. The highest BCUT2D eigenvalue weighted by Crippen LogP contribution is 2.47. The van der Waals surface area contributed by atoms with Crippen LogP contribution in [0.25, 0.3) is 11.2 Å². The summed E-state index contributed by atoms with van der Waals surface area (Å²) in [5.74, 6) is 1.03. The summed E-state index contributed by atoms with van der Waals surface area (Å²) in [7, 11) is 0. The van der Waals surface area contributed by atoms with Gasteiger partial charge in [-0.2, -0.15) is 0 Å². The largest absolute Gasteiger partial charge is 0.355 e. The summed E-state index contributed by atoms with van der Waals surface area (Å²) in [5, 5.41) is 3.80. The summed E-state index contributed by atoms with van der Waals surface area (Å²) in [6.45, 7) is 4.49. The number of imidazole rings is 2. The van der Waals surface area contributed by atoms with Crippen molar-refractivity contribution in [1.29, 1.82) is 0 Å². The molecule has 3 aromatic rings. The fourth-order valence-corrected chi connectivity index (χ4v) is 5.77. The van der Waals surface area contributed by atoms with Crippen LogP contribution in [0.15, 0.2) is 48.7 Å². The van der Waals surface area contributed by atoms with Gasteiger partial charge in [-0.15, -0.1) is 0 Å². The summed E-state index contributed by atoms with van der Waals surface area (Å²) in [4.78, 5) is 12.0. The number of hydrogen-bond acceptors (Lipinski definition) is 4. The summed E-state index contributed by atoms with van der Waals surface area (Å²) >= 11 is 0. The Balaban J connectivity index is 1.34. The van der Waals surface area contributed by atoms with E-state index in [-0.39, 0.29) is 6.29 Å². The lowest BCUT2D eigenvalue weighted by molar-refractivity contribution is 0.0346. The summed E-state index contributed by atoms with van der Waals surface area (Å²) < 4.78 is 4.45. The molecule has 0 bridgehead atoms. The van der Waals surface area contributed by atoms with Crippen LogP contribution in [0.1, 0.15) is 63.3 Å². The summed E-state index contributed by atoms with van der Waals surface area (Å²) in [6, 6.07) is 6.11. The van der Waals surface area contributed by atoms with Crippen molar-refractivity contribution in [2.75, 3.05) is 13.1 Å². The van der Waals surface area contributed by atoms with Gasteiger partial charge in [0.1, 0.15) is 11.5 Å². The van der Waals surface area contributed by atoms with E-state index in [9.17, 15) is 0 Å². The molecular weight excluding hydrogens is 360 g/mol. The molecule has 2 aliphatic heterocycles. The molecule has 6 heteroatoms. The SMILES string of the molecule is CC1=C(c2cnc3ccccn23)c2nccn2C(N2CCC3(CCCC3)CC2)N1. The monoisotopic (exact) mass is 388 g/mol. The first-order chi connectivity index (χ1) is 14.2. The van der Waals surface area contributed by atoms with Gasteiger partial charge >= 0.3 is 0 Å². The molecule has 29 heavy (non-hydrogen) atoms. The van der Waals surface area contributed by atoms with Gasteiger partial charge in [-0.05, 0) is 50.2 Å². The Kier molecular flexibility index (Phi) is 3.85. The molecule has 1 unspecified atom stereocenters. The molecule has 1 aliphatic carbocycles. The highest BCUT2D eigenvalue weighted by atomic mass is 15.4. The molecule has 0 aromatic carbocycles. The predicted molar refractivity (Wildman–Crippen MR) is 113 cm³/mol. The van der Waals surface area contributed by atoms with Gasteiger partial charge in [-0.25, -0.2) is 9.97 Å². The van der Waals surface area contributed by atoms with Crippen LogP contribution in [0.2, 0.25) is 0 Å². The molecule has 1 N–H and O–H groups in total. The van der Waals surface area contributed by atoms with E-state index >= 15 is 0 Å². The molecule has 5 heterocycles. The van der Waals surface area contributed by atoms with E-state index in [1.54, 1.807) is 0 Å². The minimum atomic E-state index is 0.147. The van der Waals surface area contributed by atoms with Crippen LogP contribution in [-0.2, 0) is 0 Å². The molecule has 1 saturated carbocycles. The van der Waals surface area contributed by atoms with Gasteiger partial charge in [-0.3, -0.25) is 13.9 Å². The molecule has 1 atom stereocenters. The summed E-state index contributed by atoms with van der Waals surface area (Å²) in [6.07, 6.45) is 16.6. The number of rotatable bonds is 2. The first-order valence-corrected chi connectivity index (χ1v) is 10.9. The second-order valence-corrected chi connectivity index (χ2v) is 8.99. The van der Waals surface area contributed by atoms with Crippen molar-refractivity contribution in [3.8, 4) is 0 Å². The predicted octanol–water partition coefficient (Wildman–Crippen LogP) is 4.03. The molecule has 6 rings (SSSR count). The van der Waals surface area contributed by atoms with Crippen molar-refractivity contribution >= 4 is 11.2 Å². The first kappa shape index (κ1) is 17.3. The Morgan fingerprint density at radius 1 is 1.03 bits per heavy atom. The number of nitrogens with zero attached hydrogens (tertiary/aromatic N) is 5. The number of allylic oxidation sites excluding steroid dienone is 1. The maximum atomic E-state index is 4.76. The van der Waals surface area contributed by atoms with Crippen molar-refractivity contribution in [2.24, 2.45) is 5.41 Å². The van der Waals surface area contributed by atoms with Crippen molar-refractivity contribution in [2.45, 2.75) is 51.7 Å². The Hall–Kier alpha value is -2.60. The molecule has 3 aromatic heterocycles. The zero-order valence-corrected chi connectivity index (χ0v) is 17.0. The van der Waals surface area contributed by atoms with Gasteiger partial charge in [0.25, 0.3) is 0 Å². The van der Waals surface area contributed by atoms with Crippen molar-refractivity contribution in [3.05, 3.63) is 60.2 Å². The van der Waals surface area contributed by atoms with E-state index in [4.69, 9.17) is 4.98 Å². The van der Waals surface area contributed by atoms with Gasteiger partial charge in [-0.1, -0.05) is 18.9 Å². The highest BCUT2D eigenvalue weighted by Gasteiger charge is 2.40. The van der Waals surface area contributed by atoms with Gasteiger partial charge in [0.15, 0.2) is 6.29 Å². The van der Waals surface area contributed by atoms with Crippen LogP contribution < -0.4 is 5.32 Å². The van der Waals surface area contributed by atoms with Gasteiger partial charge in [0.05, 0.1) is 17.5 Å². The fourth-order valence-electron chi connectivity index (χ4n) is 5.77. The number of piperidine rings is 1. The maximum absolute atomic E-state index is 4.76. The first-order valence-electron chi connectivity index (χ1n) is 10.9. The second kappa shape index (κ2) is 6.46. The molecule has 2 fully saturated rings. The molecule has 3 aliphatic rings. The van der Waals surface area contributed by atoms with Crippen LogP contribution in [-0.4, -0.2) is 36.9 Å². The average molecular weight is 389 g/mol. The number of aromatic nitrogens is 4. The molecule has 0 amide bonds. The van der Waals surface area contributed by atoms with E-state index in [1.807, 2.05) is 30.6 Å². The quantitative estimate of drug-likeness (QED) is 0.720. The minimum absolute atomic E-state index is 0.147. The molecule has 0 radical (unpaired) electrons. The van der Waals surface area contributed by atoms with Crippen LogP contribution in [0.3, 0.4) is 0 Å². The zero-order valence-electron chi connectivity index (χ0n) is 17.0. The number of hydrogen-bond donors (Lipinski definition) is 1. The number of nitrogens with one attached hydrogen (secondary N) is 1. The van der Waals surface area contributed by atoms with Gasteiger partial charge < -0.3 is 5.32 Å². The number of fused-ring (bicyclic) bond motifs is 2. The molecule has 6 nitrogen and oxygen atoms in total. The maximum Gasteiger partial charge on any atom is 0.162 e. The molecular formula is C23H28N6. The average Bonchev–Trinajstić information content (AvgIpc) is 3.49. The van der Waals surface area contributed by atoms with E-state index < -0.39 is 0 Å². The lowest BCUT2D eigenvalue weighted by Crippen LogP contribution is -2.49. The molecule has 150 valence electrons.